The lowest BCUT2D eigenvalue weighted by molar-refractivity contribution is -0.0102. The Morgan fingerprint density at radius 1 is 0.529 bits per heavy atom. The maximum absolute atomic E-state index is 11.6. The third-order valence-corrected chi connectivity index (χ3v) is 4.33. The number of nitrogens with two attached hydrogens (primary N) is 1. The number of carbonyl (C=O) groups excluding carboxylic acids is 1. The maximum atomic E-state index is 11.6. The summed E-state index contributed by atoms with van der Waals surface area (Å²) >= 11 is 0. The molecule has 4 N–H and O–H groups in total. The first-order valence-electron chi connectivity index (χ1n) is 12.6. The number of hydrogen-bond donors (Lipinski definition) is 3. The number of ether oxygens (including phenoxy) is 7. The van der Waals surface area contributed by atoms with Crippen LogP contribution in [0.1, 0.15) is 32.6 Å². The molecule has 11 nitrogen and oxygen atoms in total. The van der Waals surface area contributed by atoms with Crippen molar-refractivity contribution in [3.8, 4) is 0 Å². The van der Waals surface area contributed by atoms with Crippen LogP contribution in [0.5, 0.6) is 0 Å². The molecule has 0 fully saturated rings. The van der Waals surface area contributed by atoms with Crippen LogP contribution >= 0.6 is 0 Å². The second-order valence-electron chi connectivity index (χ2n) is 7.32. The molecule has 0 heterocycles. The Morgan fingerprint density at radius 3 is 1.32 bits per heavy atom. The second kappa shape index (κ2) is 30.0. The first-order valence-corrected chi connectivity index (χ1v) is 12.6. The number of rotatable bonds is 28. The van der Waals surface area contributed by atoms with Crippen molar-refractivity contribution in [2.45, 2.75) is 32.6 Å². The molecule has 11 heteroatoms. The smallest absolute Gasteiger partial charge is 0.314 e. The Bertz CT molecular complexity index is 408. The molecule has 0 bridgehead atoms. The first-order chi connectivity index (χ1) is 16.8. The van der Waals surface area contributed by atoms with Crippen molar-refractivity contribution in [3.63, 3.8) is 0 Å². The summed E-state index contributed by atoms with van der Waals surface area (Å²) in [7, 11) is 0. The molecule has 0 atom stereocenters. The van der Waals surface area contributed by atoms with E-state index in [1.165, 1.54) is 19.3 Å². The van der Waals surface area contributed by atoms with Gasteiger partial charge in [-0.15, -0.1) is 0 Å². The standard InChI is InChI=1S/C23H49N3O8/c1-2-3-4-5-9-28-13-15-30-11-7-25-23(27)26-8-12-31-16-18-33-20-22-34-21-19-32-17-14-29-10-6-24/h2-22,24H2,1H3,(H2,25,26,27). The lowest BCUT2D eigenvalue weighted by Gasteiger charge is -2.09. The van der Waals surface area contributed by atoms with Crippen LogP contribution in [0.15, 0.2) is 0 Å². The highest BCUT2D eigenvalue weighted by Crippen LogP contribution is 1.98. The van der Waals surface area contributed by atoms with Crippen molar-refractivity contribution in [3.05, 3.63) is 0 Å². The van der Waals surface area contributed by atoms with Gasteiger partial charge in [-0.2, -0.15) is 0 Å². The average Bonchev–Trinajstić information content (AvgIpc) is 2.84. The number of unbranched alkanes of at least 4 members (excludes halogenated alkanes) is 3. The lowest BCUT2D eigenvalue weighted by Crippen LogP contribution is -2.39. The highest BCUT2D eigenvalue weighted by molar-refractivity contribution is 5.73. The predicted octanol–water partition coefficient (Wildman–Crippen LogP) is 0.941. The van der Waals surface area contributed by atoms with Gasteiger partial charge in [-0.3, -0.25) is 0 Å². The highest BCUT2D eigenvalue weighted by Gasteiger charge is 1.99. The van der Waals surface area contributed by atoms with E-state index in [4.69, 9.17) is 38.9 Å². The Hall–Kier alpha value is -1.05. The molecule has 0 aliphatic carbocycles. The van der Waals surface area contributed by atoms with Crippen molar-refractivity contribution in [1.82, 2.24) is 10.6 Å². The van der Waals surface area contributed by atoms with Gasteiger partial charge >= 0.3 is 6.03 Å². The number of carbonyl (C=O) groups is 1. The Labute approximate surface area is 205 Å². The van der Waals surface area contributed by atoms with Crippen molar-refractivity contribution in [2.24, 2.45) is 5.73 Å². The van der Waals surface area contributed by atoms with Gasteiger partial charge in [0.05, 0.1) is 85.9 Å². The van der Waals surface area contributed by atoms with Gasteiger partial charge in [0.1, 0.15) is 0 Å². The fourth-order valence-corrected chi connectivity index (χ4v) is 2.55. The van der Waals surface area contributed by atoms with E-state index in [1.54, 1.807) is 0 Å². The molecule has 0 radical (unpaired) electrons. The maximum Gasteiger partial charge on any atom is 0.314 e. The van der Waals surface area contributed by atoms with Crippen LogP contribution < -0.4 is 16.4 Å². The van der Waals surface area contributed by atoms with Crippen molar-refractivity contribution < 1.29 is 38.0 Å². The van der Waals surface area contributed by atoms with Crippen molar-refractivity contribution in [1.29, 1.82) is 0 Å². The van der Waals surface area contributed by atoms with E-state index in [0.717, 1.165) is 13.0 Å². The lowest BCUT2D eigenvalue weighted by atomic mass is 10.2. The van der Waals surface area contributed by atoms with E-state index in [0.29, 0.717) is 106 Å². The highest BCUT2D eigenvalue weighted by atomic mass is 16.6. The Balaban J connectivity index is 3.13. The number of hydrogen-bond acceptors (Lipinski definition) is 9. The normalized spacial score (nSPS) is 11.1. The van der Waals surface area contributed by atoms with E-state index in [2.05, 4.69) is 17.6 Å². The van der Waals surface area contributed by atoms with Gasteiger partial charge < -0.3 is 49.5 Å². The molecule has 0 aromatic heterocycles. The fourth-order valence-electron chi connectivity index (χ4n) is 2.55. The molecule has 34 heavy (non-hydrogen) atoms. The molecule has 204 valence electrons. The van der Waals surface area contributed by atoms with Gasteiger partial charge in [-0.25, -0.2) is 4.79 Å². The monoisotopic (exact) mass is 495 g/mol. The molecule has 0 aliphatic rings. The minimum atomic E-state index is -0.236. The SMILES string of the molecule is CCCCCCOCCOCCNC(=O)NCCOCCOCCOCCOCCOCCN. The molecule has 0 unspecified atom stereocenters. The summed E-state index contributed by atoms with van der Waals surface area (Å²) < 4.78 is 37.7. The zero-order valence-corrected chi connectivity index (χ0v) is 21.2. The summed E-state index contributed by atoms with van der Waals surface area (Å²) in [4.78, 5) is 11.6. The van der Waals surface area contributed by atoms with E-state index in [9.17, 15) is 4.79 Å². The largest absolute Gasteiger partial charge is 0.379 e. The minimum absolute atomic E-state index is 0.236. The Kier molecular flexibility index (Phi) is 29.1. The van der Waals surface area contributed by atoms with Gasteiger partial charge in [0.25, 0.3) is 0 Å². The minimum Gasteiger partial charge on any atom is -0.379 e. The van der Waals surface area contributed by atoms with Crippen LogP contribution in [0.3, 0.4) is 0 Å². The number of amides is 2. The summed E-state index contributed by atoms with van der Waals surface area (Å²) in [6.07, 6.45) is 4.81. The quantitative estimate of drug-likeness (QED) is 0.136. The second-order valence-corrected chi connectivity index (χ2v) is 7.32. The van der Waals surface area contributed by atoms with E-state index in [-0.39, 0.29) is 6.03 Å². The number of nitrogens with one attached hydrogen (secondary N) is 2. The molecule has 2 amide bonds. The third kappa shape index (κ3) is 29.0. The van der Waals surface area contributed by atoms with Crippen LogP contribution in [0, 0.1) is 0 Å². The molecular formula is C23H49N3O8. The zero-order chi connectivity index (χ0) is 24.8. The molecule has 0 spiro atoms. The molecule has 0 saturated heterocycles. The predicted molar refractivity (Wildman–Crippen MR) is 130 cm³/mol. The molecule has 0 aliphatic heterocycles. The summed E-state index contributed by atoms with van der Waals surface area (Å²) in [6.45, 7) is 11.0. The van der Waals surface area contributed by atoms with Crippen LogP contribution in [0.2, 0.25) is 0 Å². The third-order valence-electron chi connectivity index (χ3n) is 4.33. The van der Waals surface area contributed by atoms with Crippen LogP contribution in [0.4, 0.5) is 4.79 Å². The summed E-state index contributed by atoms with van der Waals surface area (Å²) in [6, 6.07) is -0.236. The van der Waals surface area contributed by atoms with Crippen molar-refractivity contribution in [2.75, 3.05) is 112 Å². The van der Waals surface area contributed by atoms with Crippen molar-refractivity contribution >= 4 is 6.03 Å². The number of urea groups is 1. The van der Waals surface area contributed by atoms with Crippen LogP contribution in [0.25, 0.3) is 0 Å². The van der Waals surface area contributed by atoms with Gasteiger partial charge in [-0.05, 0) is 6.42 Å². The summed E-state index contributed by atoms with van der Waals surface area (Å²) in [5.74, 6) is 0. The molecule has 0 aromatic carbocycles. The van der Waals surface area contributed by atoms with E-state index >= 15 is 0 Å². The van der Waals surface area contributed by atoms with Gasteiger partial charge in [0, 0.05) is 26.2 Å². The first kappa shape index (κ1) is 33.0. The zero-order valence-electron chi connectivity index (χ0n) is 21.2. The van der Waals surface area contributed by atoms with Gasteiger partial charge in [-0.1, -0.05) is 26.2 Å². The van der Waals surface area contributed by atoms with Gasteiger partial charge in [0.2, 0.25) is 0 Å². The van der Waals surface area contributed by atoms with E-state index < -0.39 is 0 Å². The fraction of sp³-hybridized carbons (Fsp3) is 0.957. The summed E-state index contributed by atoms with van der Waals surface area (Å²) in [5.41, 5.74) is 5.31. The topological polar surface area (TPSA) is 132 Å². The average molecular weight is 496 g/mol. The van der Waals surface area contributed by atoms with Crippen LogP contribution in [-0.4, -0.2) is 118 Å². The molecule has 0 rings (SSSR count). The molecular weight excluding hydrogens is 446 g/mol. The summed E-state index contributed by atoms with van der Waals surface area (Å²) in [5, 5.41) is 5.46. The molecule has 0 saturated carbocycles. The Morgan fingerprint density at radius 2 is 0.912 bits per heavy atom. The molecule has 0 aromatic rings. The van der Waals surface area contributed by atoms with Crippen LogP contribution in [-0.2, 0) is 33.2 Å². The van der Waals surface area contributed by atoms with E-state index in [1.807, 2.05) is 0 Å². The van der Waals surface area contributed by atoms with Gasteiger partial charge in [0.15, 0.2) is 0 Å².